The summed E-state index contributed by atoms with van der Waals surface area (Å²) in [6.07, 6.45) is 0. The van der Waals surface area contributed by atoms with E-state index in [0.717, 1.165) is 11.1 Å². The molecule has 9 heteroatoms. The first kappa shape index (κ1) is 23.6. The summed E-state index contributed by atoms with van der Waals surface area (Å²) in [5.74, 6) is 0.140. The van der Waals surface area contributed by atoms with E-state index in [4.69, 9.17) is 14.2 Å². The standard InChI is InChI=1S/C24H28N4O5/c1-5-31-20-12-17(13-21(32-6-2)22(20)33-7-3)23(29)27-28-24(30)19-14-18(25-26-19)16-10-8-15(4)9-11-16/h8-14H,5-7H2,1-4H3,(H,25,26)(H,27,29)(H,28,30). The number of ether oxygens (including phenoxy) is 3. The van der Waals surface area contributed by atoms with Gasteiger partial charge in [0.1, 0.15) is 5.69 Å². The second-order valence-electron chi connectivity index (χ2n) is 7.04. The van der Waals surface area contributed by atoms with Crippen molar-refractivity contribution >= 4 is 11.8 Å². The van der Waals surface area contributed by atoms with E-state index in [2.05, 4.69) is 21.0 Å². The molecule has 0 unspecified atom stereocenters. The van der Waals surface area contributed by atoms with Crippen molar-refractivity contribution in [3.05, 3.63) is 59.3 Å². The summed E-state index contributed by atoms with van der Waals surface area (Å²) in [5, 5.41) is 6.85. The van der Waals surface area contributed by atoms with Crippen LogP contribution in [0, 0.1) is 6.92 Å². The van der Waals surface area contributed by atoms with E-state index < -0.39 is 11.8 Å². The molecule has 3 N–H and O–H groups in total. The Bertz CT molecular complexity index is 1080. The van der Waals surface area contributed by atoms with Gasteiger partial charge < -0.3 is 14.2 Å². The normalized spacial score (nSPS) is 10.4. The number of hydrazine groups is 1. The molecule has 0 saturated carbocycles. The van der Waals surface area contributed by atoms with Gasteiger partial charge in [-0.15, -0.1) is 0 Å². The molecule has 0 fully saturated rings. The van der Waals surface area contributed by atoms with Crippen LogP contribution in [-0.2, 0) is 0 Å². The van der Waals surface area contributed by atoms with E-state index in [0.29, 0.717) is 42.8 Å². The summed E-state index contributed by atoms with van der Waals surface area (Å²) in [7, 11) is 0. The summed E-state index contributed by atoms with van der Waals surface area (Å²) < 4.78 is 16.9. The van der Waals surface area contributed by atoms with Gasteiger partial charge in [-0.3, -0.25) is 25.5 Å². The maximum Gasteiger partial charge on any atom is 0.287 e. The van der Waals surface area contributed by atoms with Crippen molar-refractivity contribution in [2.45, 2.75) is 27.7 Å². The summed E-state index contributed by atoms with van der Waals surface area (Å²) in [6, 6.07) is 12.5. The van der Waals surface area contributed by atoms with Crippen LogP contribution in [0.2, 0.25) is 0 Å². The Labute approximate surface area is 192 Å². The molecule has 9 nitrogen and oxygen atoms in total. The average Bonchev–Trinajstić information content (AvgIpc) is 3.30. The number of rotatable bonds is 9. The highest BCUT2D eigenvalue weighted by molar-refractivity contribution is 5.99. The van der Waals surface area contributed by atoms with Gasteiger partial charge in [0.25, 0.3) is 11.8 Å². The third-order valence-electron chi connectivity index (χ3n) is 4.63. The van der Waals surface area contributed by atoms with Gasteiger partial charge in [0.15, 0.2) is 11.5 Å². The first-order valence-electron chi connectivity index (χ1n) is 10.8. The van der Waals surface area contributed by atoms with Crippen molar-refractivity contribution in [2.24, 2.45) is 0 Å². The molecule has 3 rings (SSSR count). The molecule has 0 bridgehead atoms. The SMILES string of the molecule is CCOc1cc(C(=O)NNC(=O)c2cc(-c3ccc(C)cc3)n[nH]2)cc(OCC)c1OCC. The number of hydrogen-bond acceptors (Lipinski definition) is 6. The van der Waals surface area contributed by atoms with Crippen LogP contribution in [-0.4, -0.2) is 41.8 Å². The highest BCUT2D eigenvalue weighted by Gasteiger charge is 2.19. The number of aromatic amines is 1. The number of aromatic nitrogens is 2. The molecule has 174 valence electrons. The molecule has 0 aliphatic carbocycles. The van der Waals surface area contributed by atoms with Gasteiger partial charge in [0, 0.05) is 11.1 Å². The Balaban J connectivity index is 1.72. The maximum atomic E-state index is 12.7. The van der Waals surface area contributed by atoms with Crippen molar-refractivity contribution in [3.8, 4) is 28.5 Å². The third kappa shape index (κ3) is 5.82. The minimum absolute atomic E-state index is 0.211. The molecule has 33 heavy (non-hydrogen) atoms. The number of carbonyl (C=O) groups is 2. The van der Waals surface area contributed by atoms with Gasteiger partial charge in [0.05, 0.1) is 25.5 Å². The summed E-state index contributed by atoms with van der Waals surface area (Å²) in [4.78, 5) is 25.2. The van der Waals surface area contributed by atoms with Gasteiger partial charge in [-0.2, -0.15) is 5.10 Å². The zero-order chi connectivity index (χ0) is 23.8. The van der Waals surface area contributed by atoms with Gasteiger partial charge in [-0.25, -0.2) is 0 Å². The van der Waals surface area contributed by atoms with E-state index in [-0.39, 0.29) is 11.3 Å². The summed E-state index contributed by atoms with van der Waals surface area (Å²) >= 11 is 0. The largest absolute Gasteiger partial charge is 0.490 e. The monoisotopic (exact) mass is 452 g/mol. The molecule has 2 aromatic carbocycles. The number of aryl methyl sites for hydroxylation is 1. The zero-order valence-electron chi connectivity index (χ0n) is 19.2. The first-order chi connectivity index (χ1) is 16.0. The molecular weight excluding hydrogens is 424 g/mol. The van der Waals surface area contributed by atoms with E-state index in [1.54, 1.807) is 18.2 Å². The fourth-order valence-corrected chi connectivity index (χ4v) is 3.08. The smallest absolute Gasteiger partial charge is 0.287 e. The molecule has 0 atom stereocenters. The number of amides is 2. The molecule has 1 aromatic heterocycles. The van der Waals surface area contributed by atoms with Crippen molar-refractivity contribution in [2.75, 3.05) is 19.8 Å². The Morgan fingerprint density at radius 3 is 2.00 bits per heavy atom. The van der Waals surface area contributed by atoms with E-state index in [9.17, 15) is 9.59 Å². The lowest BCUT2D eigenvalue weighted by molar-refractivity contribution is 0.0843. The molecule has 0 saturated heterocycles. The van der Waals surface area contributed by atoms with Crippen molar-refractivity contribution in [1.29, 1.82) is 0 Å². The molecule has 3 aromatic rings. The Morgan fingerprint density at radius 1 is 0.848 bits per heavy atom. The Kier molecular flexibility index (Phi) is 7.91. The van der Waals surface area contributed by atoms with Crippen LogP contribution in [0.3, 0.4) is 0 Å². The van der Waals surface area contributed by atoms with Gasteiger partial charge in [0.2, 0.25) is 5.75 Å². The molecule has 2 amide bonds. The molecule has 0 aliphatic rings. The number of nitrogens with one attached hydrogen (secondary N) is 3. The number of benzene rings is 2. The van der Waals surface area contributed by atoms with Crippen LogP contribution in [0.1, 0.15) is 47.2 Å². The Hall–Kier alpha value is -4.01. The zero-order valence-corrected chi connectivity index (χ0v) is 19.2. The fourth-order valence-electron chi connectivity index (χ4n) is 3.08. The second-order valence-corrected chi connectivity index (χ2v) is 7.04. The quantitative estimate of drug-likeness (QED) is 0.427. The van der Waals surface area contributed by atoms with E-state index in [1.165, 1.54) is 0 Å². The molecule has 0 radical (unpaired) electrons. The molecule has 0 aliphatic heterocycles. The van der Waals surface area contributed by atoms with Crippen molar-refractivity contribution < 1.29 is 23.8 Å². The predicted octanol–water partition coefficient (Wildman–Crippen LogP) is 3.66. The van der Waals surface area contributed by atoms with Gasteiger partial charge in [-0.05, 0) is 45.9 Å². The van der Waals surface area contributed by atoms with Crippen LogP contribution in [0.5, 0.6) is 17.2 Å². The van der Waals surface area contributed by atoms with E-state index >= 15 is 0 Å². The van der Waals surface area contributed by atoms with Crippen LogP contribution in [0.4, 0.5) is 0 Å². The lowest BCUT2D eigenvalue weighted by Gasteiger charge is -2.17. The minimum atomic E-state index is -0.536. The van der Waals surface area contributed by atoms with Crippen molar-refractivity contribution in [1.82, 2.24) is 21.0 Å². The lowest BCUT2D eigenvalue weighted by atomic mass is 10.1. The number of hydrogen-bond donors (Lipinski definition) is 3. The summed E-state index contributed by atoms with van der Waals surface area (Å²) in [6.45, 7) is 8.69. The second kappa shape index (κ2) is 11.0. The fraction of sp³-hybridized carbons (Fsp3) is 0.292. The maximum absolute atomic E-state index is 12.7. The number of nitrogens with zero attached hydrogens (tertiary/aromatic N) is 1. The van der Waals surface area contributed by atoms with Crippen LogP contribution < -0.4 is 25.1 Å². The molecular formula is C24H28N4O5. The minimum Gasteiger partial charge on any atom is -0.490 e. The van der Waals surface area contributed by atoms with Crippen molar-refractivity contribution in [3.63, 3.8) is 0 Å². The lowest BCUT2D eigenvalue weighted by Crippen LogP contribution is -2.41. The van der Waals surface area contributed by atoms with Crippen LogP contribution >= 0.6 is 0 Å². The average molecular weight is 453 g/mol. The van der Waals surface area contributed by atoms with E-state index in [1.807, 2.05) is 52.0 Å². The Morgan fingerprint density at radius 2 is 1.42 bits per heavy atom. The van der Waals surface area contributed by atoms with Crippen LogP contribution in [0.25, 0.3) is 11.3 Å². The summed E-state index contributed by atoms with van der Waals surface area (Å²) in [5.41, 5.74) is 7.88. The first-order valence-corrected chi connectivity index (χ1v) is 10.8. The topological polar surface area (TPSA) is 115 Å². The van der Waals surface area contributed by atoms with Gasteiger partial charge in [-0.1, -0.05) is 29.8 Å². The predicted molar refractivity (Wildman–Crippen MR) is 124 cm³/mol. The molecule has 1 heterocycles. The van der Waals surface area contributed by atoms with Gasteiger partial charge >= 0.3 is 0 Å². The number of carbonyl (C=O) groups excluding carboxylic acids is 2. The third-order valence-corrected chi connectivity index (χ3v) is 4.63. The number of H-pyrrole nitrogens is 1. The van der Waals surface area contributed by atoms with Crippen LogP contribution in [0.15, 0.2) is 42.5 Å². The molecule has 0 spiro atoms. The highest BCUT2D eigenvalue weighted by Crippen LogP contribution is 2.39. The highest BCUT2D eigenvalue weighted by atomic mass is 16.5.